The summed E-state index contributed by atoms with van der Waals surface area (Å²) in [5.74, 6) is 2.62. The van der Waals surface area contributed by atoms with Crippen LogP contribution in [0.3, 0.4) is 0 Å². The van der Waals surface area contributed by atoms with Crippen LogP contribution in [-0.2, 0) is 73.4 Å². The number of hydrogen-bond acceptors (Lipinski definition) is 16. The summed E-state index contributed by atoms with van der Waals surface area (Å²) in [4.78, 5) is 0. The number of hydrogen-bond donors (Lipinski definition) is 0. The highest BCUT2D eigenvalue weighted by Gasteiger charge is 2.47. The van der Waals surface area contributed by atoms with Crippen molar-refractivity contribution in [2.45, 2.75) is 161 Å². The van der Waals surface area contributed by atoms with Crippen LogP contribution in [0.1, 0.15) is 66.3 Å². The van der Waals surface area contributed by atoms with Gasteiger partial charge in [-0.05, 0) is 225 Å². The maximum atomic E-state index is 7.07. The first kappa shape index (κ1) is 67.9. The van der Waals surface area contributed by atoms with Crippen LogP contribution in [0, 0.1) is 0 Å². The highest BCUT2D eigenvalue weighted by atomic mass is 28.5. The SMILES string of the molecule is C[SiH]1O[SiH](C)O[Si](C)(CCCOc2ccc(Cc3ccc(CCCCOCCC[Si]4(C)O[SiH](C)O[SiH](C)O[Si](C)(CCCOc5ccc(Cc6ccc(OCCC[Si]7(C)O[SiH](C)O[SiH](C)O[SiH](C)O7)cc6)cc5)O4)cc3)cc2)O[SiH](C)O1. The minimum Gasteiger partial charge on any atom is -0.494 e. The summed E-state index contributed by atoms with van der Waals surface area (Å²) in [6.45, 7) is 28.6. The van der Waals surface area contributed by atoms with Crippen molar-refractivity contribution in [1.82, 2.24) is 0 Å². The zero-order valence-electron chi connectivity index (χ0n) is 51.1. The molecule has 82 heavy (non-hydrogen) atoms. The Morgan fingerprint density at radius 2 is 0.573 bits per heavy atom. The molecule has 3 heterocycles. The lowest BCUT2D eigenvalue weighted by Gasteiger charge is -2.42. The van der Waals surface area contributed by atoms with Gasteiger partial charge in [0.1, 0.15) is 17.2 Å². The molecule has 0 amide bonds. The molecule has 0 aliphatic carbocycles. The molecule has 7 rings (SSSR count). The van der Waals surface area contributed by atoms with Crippen LogP contribution in [0.2, 0.25) is 103 Å². The molecule has 28 heteroatoms. The first-order valence-corrected chi connectivity index (χ1v) is 56.9. The number of ether oxygens (including phenoxy) is 4. The van der Waals surface area contributed by atoms with Gasteiger partial charge in [0.05, 0.1) is 19.8 Å². The van der Waals surface area contributed by atoms with Crippen molar-refractivity contribution in [1.29, 1.82) is 0 Å². The molecule has 4 aromatic carbocycles. The summed E-state index contributed by atoms with van der Waals surface area (Å²) in [7, 11) is -23.8. The van der Waals surface area contributed by atoms with E-state index in [4.69, 9.17) is 68.3 Å². The Hall–Kier alpha value is -1.64. The minimum absolute atomic E-state index is 0.584. The van der Waals surface area contributed by atoms with Crippen LogP contribution in [0.4, 0.5) is 0 Å². The molecule has 8 unspecified atom stereocenters. The normalized spacial score (nSPS) is 30.2. The lowest BCUT2D eigenvalue weighted by Crippen LogP contribution is -2.59. The van der Waals surface area contributed by atoms with Gasteiger partial charge >= 0.3 is 34.2 Å². The average Bonchev–Trinajstić information content (AvgIpc) is 3.49. The summed E-state index contributed by atoms with van der Waals surface area (Å²) in [6, 6.07) is 37.7. The van der Waals surface area contributed by atoms with Gasteiger partial charge in [-0.1, -0.05) is 60.7 Å². The van der Waals surface area contributed by atoms with Gasteiger partial charge in [0.15, 0.2) is 0 Å². The fourth-order valence-corrected chi connectivity index (χ4v) is 57.8. The molecule has 3 aliphatic rings. The Labute approximate surface area is 509 Å². The molecule has 8 atom stereocenters. The Bertz CT molecular complexity index is 2440. The van der Waals surface area contributed by atoms with Gasteiger partial charge in [0, 0.05) is 13.2 Å². The highest BCUT2D eigenvalue weighted by molar-refractivity contribution is 6.87. The van der Waals surface area contributed by atoms with Gasteiger partial charge < -0.3 is 68.3 Å². The zero-order chi connectivity index (χ0) is 58.6. The van der Waals surface area contributed by atoms with Crippen molar-refractivity contribution < 1.29 is 68.3 Å². The van der Waals surface area contributed by atoms with E-state index in [9.17, 15) is 0 Å². The Morgan fingerprint density at radius 3 is 0.927 bits per heavy atom. The lowest BCUT2D eigenvalue weighted by molar-refractivity contribution is 0.129. The Balaban J connectivity index is 0.736. The van der Waals surface area contributed by atoms with Crippen LogP contribution >= 0.6 is 0 Å². The van der Waals surface area contributed by atoms with Gasteiger partial charge in [-0.2, -0.15) is 0 Å². The largest absolute Gasteiger partial charge is 0.494 e. The number of aryl methyl sites for hydroxylation is 1. The monoisotopic (exact) mass is 1340 g/mol. The third-order valence-corrected chi connectivity index (χ3v) is 58.3. The second-order valence-corrected chi connectivity index (χ2v) is 54.8. The molecule has 0 aromatic heterocycles. The number of benzene rings is 4. The van der Waals surface area contributed by atoms with E-state index in [0.29, 0.717) is 26.4 Å². The molecule has 3 fully saturated rings. The summed E-state index contributed by atoms with van der Waals surface area (Å²) in [5.41, 5.74) is 6.38. The van der Waals surface area contributed by atoms with E-state index in [1.807, 2.05) is 0 Å². The molecule has 16 nitrogen and oxygen atoms in total. The highest BCUT2D eigenvalue weighted by Crippen LogP contribution is 2.31. The van der Waals surface area contributed by atoms with Crippen molar-refractivity contribution in [2.75, 3.05) is 33.0 Å². The van der Waals surface area contributed by atoms with E-state index >= 15 is 0 Å². The quantitative estimate of drug-likeness (QED) is 0.0392. The van der Waals surface area contributed by atoms with E-state index in [-0.39, 0.29) is 0 Å². The maximum absolute atomic E-state index is 7.07. The Morgan fingerprint density at radius 1 is 0.305 bits per heavy atom. The fraction of sp³-hybridized carbons (Fsp3) is 0.556. The van der Waals surface area contributed by atoms with E-state index < -0.39 is 109 Å². The second kappa shape index (κ2) is 33.6. The van der Waals surface area contributed by atoms with E-state index in [1.54, 1.807) is 0 Å². The fourth-order valence-electron chi connectivity index (χ4n) is 11.0. The van der Waals surface area contributed by atoms with Crippen LogP contribution < -0.4 is 14.2 Å². The molecule has 0 bridgehead atoms. The summed E-state index contributed by atoms with van der Waals surface area (Å²) < 4.78 is 101. The predicted octanol–water partition coefficient (Wildman–Crippen LogP) is 9.93. The van der Waals surface area contributed by atoms with Gasteiger partial charge in [-0.15, -0.1) is 0 Å². The summed E-state index contributed by atoms with van der Waals surface area (Å²) >= 11 is 0. The number of unbranched alkanes of at least 4 members (excludes halogenated alkanes) is 1. The molecule has 0 N–H and O–H groups in total. The minimum atomic E-state index is -2.59. The molecule has 456 valence electrons. The van der Waals surface area contributed by atoms with Crippen molar-refractivity contribution in [3.05, 3.63) is 125 Å². The molecular formula is C54H96O16Si12. The van der Waals surface area contributed by atoms with Gasteiger partial charge in [-0.3, -0.25) is 0 Å². The molecule has 0 radical (unpaired) electrons. The molecule has 0 saturated carbocycles. The van der Waals surface area contributed by atoms with Gasteiger partial charge in [-0.25, -0.2) is 0 Å². The molecule has 4 aromatic rings. The number of rotatable bonds is 28. The van der Waals surface area contributed by atoms with Crippen molar-refractivity contribution in [2.24, 2.45) is 0 Å². The second-order valence-electron chi connectivity index (χ2n) is 22.7. The zero-order valence-corrected chi connectivity index (χ0v) is 64.4. The third-order valence-electron chi connectivity index (χ3n) is 14.5. The first-order valence-electron chi connectivity index (χ1n) is 30.0. The van der Waals surface area contributed by atoms with Crippen molar-refractivity contribution >= 4 is 109 Å². The molecule has 3 aliphatic heterocycles. The molecule has 3 saturated heterocycles. The average molecular weight is 1340 g/mol. The van der Waals surface area contributed by atoms with Crippen molar-refractivity contribution in [3.8, 4) is 17.2 Å². The predicted molar refractivity (Wildman–Crippen MR) is 353 cm³/mol. The maximum Gasteiger partial charge on any atom is 0.317 e. The van der Waals surface area contributed by atoms with Gasteiger partial charge in [0.2, 0.25) is 0 Å². The summed E-state index contributed by atoms with van der Waals surface area (Å²) in [6.07, 6.45) is 8.32. The van der Waals surface area contributed by atoms with Crippen LogP contribution in [0.25, 0.3) is 0 Å². The third kappa shape index (κ3) is 24.5. The van der Waals surface area contributed by atoms with E-state index in [1.165, 1.54) is 27.8 Å². The van der Waals surface area contributed by atoms with E-state index in [2.05, 4.69) is 176 Å². The Kier molecular flexibility index (Phi) is 27.8. The van der Waals surface area contributed by atoms with Crippen LogP contribution in [-0.4, -0.2) is 142 Å². The topological polar surface area (TPSA) is 148 Å². The smallest absolute Gasteiger partial charge is 0.317 e. The van der Waals surface area contributed by atoms with E-state index in [0.717, 1.165) is 106 Å². The molecule has 0 spiro atoms. The first-order chi connectivity index (χ1) is 39.2. The lowest BCUT2D eigenvalue weighted by atomic mass is 10.0. The van der Waals surface area contributed by atoms with Gasteiger partial charge in [0.25, 0.3) is 74.3 Å². The van der Waals surface area contributed by atoms with Crippen molar-refractivity contribution in [3.63, 3.8) is 0 Å². The van der Waals surface area contributed by atoms with Crippen LogP contribution in [0.5, 0.6) is 17.2 Å². The van der Waals surface area contributed by atoms with Crippen LogP contribution in [0.15, 0.2) is 97.1 Å². The summed E-state index contributed by atoms with van der Waals surface area (Å²) in [5, 5.41) is 0. The molecular weight excluding hydrogens is 1240 g/mol. The standard InChI is InChI=1S/C54H96O16Si12/c1-71-59-73(3)64-79(9,65-74(4)60-71)41-16-38-56-52-30-24-49(25-31-52)45-48-22-20-47(21-23-48)19-13-14-36-55-37-15-43-81(11)68-77(7)63-78(8)69-82(12,70-81)44-18-40-58-54-34-28-51(29-35-54)46-50-26-32-53(33-27-50)57-39-17-42-80(10)66-75(5)61-72(2)62-76(6)67-80/h20-35,71-78H,13-19,36-46H2,1-12H3.